The van der Waals surface area contributed by atoms with Gasteiger partial charge in [-0.2, -0.15) is 0 Å². The standard InChI is InChI=1S/C28H36O5/c1-6-8-19-31-25-11-10-12-26(32-20-9-7-2)23(25)17-18-24(29)21-13-15-22(16-14-21)33-27(30)28(3,4)5/h10-18H,6-9,19-20H2,1-5H3/b18-17+. The highest BCUT2D eigenvalue weighted by molar-refractivity contribution is 6.07. The summed E-state index contributed by atoms with van der Waals surface area (Å²) >= 11 is 0. The lowest BCUT2D eigenvalue weighted by Crippen LogP contribution is -2.25. The number of allylic oxidation sites excluding steroid dienone is 1. The fourth-order valence-electron chi connectivity index (χ4n) is 2.80. The minimum absolute atomic E-state index is 0.161. The summed E-state index contributed by atoms with van der Waals surface area (Å²) in [5.41, 5.74) is 0.661. The van der Waals surface area contributed by atoms with Crippen molar-refractivity contribution in [2.75, 3.05) is 13.2 Å². The van der Waals surface area contributed by atoms with Crippen LogP contribution in [0.5, 0.6) is 17.2 Å². The Morgan fingerprint density at radius 1 is 0.848 bits per heavy atom. The van der Waals surface area contributed by atoms with Crippen LogP contribution in [0.2, 0.25) is 0 Å². The van der Waals surface area contributed by atoms with Crippen molar-refractivity contribution in [2.24, 2.45) is 5.41 Å². The second kappa shape index (κ2) is 12.8. The van der Waals surface area contributed by atoms with Crippen LogP contribution in [-0.4, -0.2) is 25.0 Å². The molecule has 0 unspecified atom stereocenters. The third kappa shape index (κ3) is 8.41. The van der Waals surface area contributed by atoms with Crippen LogP contribution in [0.25, 0.3) is 6.08 Å². The van der Waals surface area contributed by atoms with Crippen molar-refractivity contribution < 1.29 is 23.8 Å². The molecule has 2 aromatic carbocycles. The van der Waals surface area contributed by atoms with Crippen molar-refractivity contribution in [3.63, 3.8) is 0 Å². The molecule has 0 saturated carbocycles. The molecule has 0 N–H and O–H groups in total. The van der Waals surface area contributed by atoms with Gasteiger partial charge in [0.05, 0.1) is 24.2 Å². The maximum Gasteiger partial charge on any atom is 0.316 e. The maximum absolute atomic E-state index is 12.8. The molecular weight excluding hydrogens is 416 g/mol. The summed E-state index contributed by atoms with van der Waals surface area (Å²) in [4.78, 5) is 24.8. The van der Waals surface area contributed by atoms with E-state index in [2.05, 4.69) is 13.8 Å². The second-order valence-electron chi connectivity index (χ2n) is 8.93. The lowest BCUT2D eigenvalue weighted by atomic mass is 9.97. The molecule has 0 bridgehead atoms. The predicted octanol–water partition coefficient (Wildman–Crippen LogP) is 6.89. The number of esters is 1. The molecule has 2 rings (SSSR count). The number of rotatable bonds is 12. The van der Waals surface area contributed by atoms with Gasteiger partial charge in [0.15, 0.2) is 5.78 Å². The number of hydrogen-bond acceptors (Lipinski definition) is 5. The predicted molar refractivity (Wildman–Crippen MR) is 132 cm³/mol. The van der Waals surface area contributed by atoms with Crippen LogP contribution in [0.4, 0.5) is 0 Å². The van der Waals surface area contributed by atoms with Crippen molar-refractivity contribution in [3.05, 3.63) is 59.7 Å². The summed E-state index contributed by atoms with van der Waals surface area (Å²) < 4.78 is 17.3. The Bertz CT molecular complexity index is 908. The minimum atomic E-state index is -0.597. The molecule has 0 fully saturated rings. The van der Waals surface area contributed by atoms with Gasteiger partial charge in [-0.1, -0.05) is 32.8 Å². The fraction of sp³-hybridized carbons (Fsp3) is 0.429. The van der Waals surface area contributed by atoms with Crippen molar-refractivity contribution in [2.45, 2.75) is 60.3 Å². The second-order valence-corrected chi connectivity index (χ2v) is 8.93. The Labute approximate surface area is 197 Å². The number of hydrogen-bond donors (Lipinski definition) is 0. The molecule has 5 nitrogen and oxygen atoms in total. The quantitative estimate of drug-likeness (QED) is 0.115. The molecule has 178 valence electrons. The largest absolute Gasteiger partial charge is 0.493 e. The average molecular weight is 453 g/mol. The van der Waals surface area contributed by atoms with Gasteiger partial charge in [0.2, 0.25) is 0 Å². The lowest BCUT2D eigenvalue weighted by molar-refractivity contribution is -0.143. The van der Waals surface area contributed by atoms with Crippen molar-refractivity contribution in [1.29, 1.82) is 0 Å². The number of ether oxygens (including phenoxy) is 3. The van der Waals surface area contributed by atoms with Crippen LogP contribution in [0, 0.1) is 5.41 Å². The third-order valence-electron chi connectivity index (χ3n) is 4.90. The Balaban J connectivity index is 2.18. The molecule has 0 aromatic heterocycles. The van der Waals surface area contributed by atoms with Crippen LogP contribution in [0.15, 0.2) is 48.5 Å². The van der Waals surface area contributed by atoms with Crippen molar-refractivity contribution >= 4 is 17.8 Å². The topological polar surface area (TPSA) is 61.8 Å². The molecule has 0 saturated heterocycles. The normalized spacial score (nSPS) is 11.4. The number of unbranched alkanes of at least 4 members (excludes halogenated alkanes) is 2. The van der Waals surface area contributed by atoms with Crippen LogP contribution in [-0.2, 0) is 4.79 Å². The van der Waals surface area contributed by atoms with Gasteiger partial charge in [0, 0.05) is 5.56 Å². The Morgan fingerprint density at radius 3 is 1.88 bits per heavy atom. The van der Waals surface area contributed by atoms with E-state index in [1.807, 2.05) is 18.2 Å². The Hall–Kier alpha value is -3.08. The molecule has 0 heterocycles. The van der Waals surface area contributed by atoms with Gasteiger partial charge in [0.1, 0.15) is 17.2 Å². The zero-order valence-electron chi connectivity index (χ0n) is 20.5. The molecular formula is C28H36O5. The number of carbonyl (C=O) groups excluding carboxylic acids is 2. The van der Waals surface area contributed by atoms with E-state index in [1.54, 1.807) is 51.1 Å². The molecule has 0 atom stereocenters. The van der Waals surface area contributed by atoms with E-state index in [0.29, 0.717) is 36.0 Å². The van der Waals surface area contributed by atoms with E-state index in [9.17, 15) is 9.59 Å². The first-order chi connectivity index (χ1) is 15.8. The number of benzene rings is 2. The van der Waals surface area contributed by atoms with Crippen LogP contribution in [0.1, 0.15) is 76.2 Å². The van der Waals surface area contributed by atoms with Crippen molar-refractivity contribution in [1.82, 2.24) is 0 Å². The van der Waals surface area contributed by atoms with E-state index in [4.69, 9.17) is 14.2 Å². The fourth-order valence-corrected chi connectivity index (χ4v) is 2.80. The van der Waals surface area contributed by atoms with E-state index in [1.165, 1.54) is 6.08 Å². The van der Waals surface area contributed by atoms with Gasteiger partial charge in [-0.05, 0) is 82.2 Å². The highest BCUT2D eigenvalue weighted by Crippen LogP contribution is 2.31. The lowest BCUT2D eigenvalue weighted by Gasteiger charge is -2.16. The van der Waals surface area contributed by atoms with Crippen LogP contribution >= 0.6 is 0 Å². The first-order valence-electron chi connectivity index (χ1n) is 11.7. The monoisotopic (exact) mass is 452 g/mol. The molecule has 0 aliphatic rings. The summed E-state index contributed by atoms with van der Waals surface area (Å²) in [6.07, 6.45) is 7.25. The highest BCUT2D eigenvalue weighted by Gasteiger charge is 2.23. The Kier molecular flexibility index (Phi) is 10.2. The van der Waals surface area contributed by atoms with E-state index < -0.39 is 5.41 Å². The van der Waals surface area contributed by atoms with Crippen LogP contribution in [0.3, 0.4) is 0 Å². The van der Waals surface area contributed by atoms with Crippen molar-refractivity contribution in [3.8, 4) is 17.2 Å². The SMILES string of the molecule is CCCCOc1cccc(OCCCC)c1/C=C/C(=O)c1ccc(OC(=O)C(C)(C)C)cc1. The molecule has 0 radical (unpaired) electrons. The zero-order valence-corrected chi connectivity index (χ0v) is 20.5. The van der Waals surface area contributed by atoms with E-state index >= 15 is 0 Å². The molecule has 0 spiro atoms. The number of ketones is 1. The van der Waals surface area contributed by atoms with E-state index in [-0.39, 0.29) is 11.8 Å². The van der Waals surface area contributed by atoms with Gasteiger partial charge in [0.25, 0.3) is 0 Å². The average Bonchev–Trinajstić information content (AvgIpc) is 2.78. The minimum Gasteiger partial charge on any atom is -0.493 e. The molecule has 0 aliphatic carbocycles. The maximum atomic E-state index is 12.8. The summed E-state index contributed by atoms with van der Waals surface area (Å²) in [5.74, 6) is 1.33. The van der Waals surface area contributed by atoms with Crippen LogP contribution < -0.4 is 14.2 Å². The van der Waals surface area contributed by atoms with Gasteiger partial charge in [-0.3, -0.25) is 9.59 Å². The first kappa shape index (κ1) is 26.2. The van der Waals surface area contributed by atoms with Gasteiger partial charge in [-0.25, -0.2) is 0 Å². The molecule has 33 heavy (non-hydrogen) atoms. The Morgan fingerprint density at radius 2 is 1.39 bits per heavy atom. The summed E-state index contributed by atoms with van der Waals surface area (Å²) in [5, 5.41) is 0. The summed E-state index contributed by atoms with van der Waals surface area (Å²) in [6.45, 7) is 10.8. The number of carbonyl (C=O) groups is 2. The molecule has 5 heteroatoms. The molecule has 0 amide bonds. The van der Waals surface area contributed by atoms with E-state index in [0.717, 1.165) is 31.2 Å². The highest BCUT2D eigenvalue weighted by atomic mass is 16.5. The summed E-state index contributed by atoms with van der Waals surface area (Å²) in [6, 6.07) is 12.3. The third-order valence-corrected chi connectivity index (χ3v) is 4.90. The smallest absolute Gasteiger partial charge is 0.316 e. The van der Waals surface area contributed by atoms with Gasteiger partial charge >= 0.3 is 5.97 Å². The van der Waals surface area contributed by atoms with Gasteiger partial charge in [-0.15, -0.1) is 0 Å². The first-order valence-corrected chi connectivity index (χ1v) is 11.7. The van der Waals surface area contributed by atoms with Gasteiger partial charge < -0.3 is 14.2 Å². The zero-order chi connectivity index (χ0) is 24.3. The molecule has 0 aliphatic heterocycles. The summed E-state index contributed by atoms with van der Waals surface area (Å²) in [7, 11) is 0. The molecule has 2 aromatic rings.